The summed E-state index contributed by atoms with van der Waals surface area (Å²) >= 11 is 0. The molecule has 1 saturated carbocycles. The van der Waals surface area contributed by atoms with Crippen molar-refractivity contribution in [1.82, 2.24) is 9.88 Å². The number of hydrogen-bond acceptors (Lipinski definition) is 3. The predicted octanol–water partition coefficient (Wildman–Crippen LogP) is 5.25. The zero-order valence-electron chi connectivity index (χ0n) is 18.6. The number of amides is 2. The van der Waals surface area contributed by atoms with Gasteiger partial charge < -0.3 is 19.9 Å². The maximum Gasteiger partial charge on any atom is 0.416 e. The molecule has 2 amide bonds. The lowest BCUT2D eigenvalue weighted by molar-refractivity contribution is -0.144. The van der Waals surface area contributed by atoms with Crippen LogP contribution in [0, 0.1) is 11.6 Å². The Morgan fingerprint density at radius 2 is 1.77 bits per heavy atom. The van der Waals surface area contributed by atoms with Crippen molar-refractivity contribution < 1.29 is 36.3 Å². The molecule has 11 heteroatoms. The number of nitrogens with zero attached hydrogens (tertiary/aromatic N) is 1. The van der Waals surface area contributed by atoms with Gasteiger partial charge in [0, 0.05) is 37.2 Å². The van der Waals surface area contributed by atoms with Crippen molar-refractivity contribution in [2.75, 3.05) is 12.4 Å². The van der Waals surface area contributed by atoms with Crippen molar-refractivity contribution >= 4 is 28.4 Å². The van der Waals surface area contributed by atoms with Gasteiger partial charge in [-0.3, -0.25) is 9.59 Å². The molecule has 6 nitrogen and oxygen atoms in total. The van der Waals surface area contributed by atoms with Crippen LogP contribution >= 0.6 is 0 Å². The number of aromatic amines is 1. The first-order chi connectivity index (χ1) is 16.5. The number of likely N-dealkylation sites (N-methyl/N-ethyl adjacent to an activating group) is 1. The summed E-state index contributed by atoms with van der Waals surface area (Å²) in [5, 5.41) is 2.64. The third-order valence-corrected chi connectivity index (χ3v) is 6.12. The van der Waals surface area contributed by atoms with Crippen molar-refractivity contribution in [3.05, 3.63) is 59.8 Å². The minimum Gasteiger partial charge on any atom is -0.490 e. The minimum atomic E-state index is -4.44. The van der Waals surface area contributed by atoms with Crippen LogP contribution in [-0.4, -0.2) is 40.9 Å². The molecule has 0 radical (unpaired) electrons. The second-order valence-corrected chi connectivity index (χ2v) is 8.47. The summed E-state index contributed by atoms with van der Waals surface area (Å²) < 4.78 is 71.1. The monoisotopic (exact) mass is 495 g/mol. The Bertz CT molecular complexity index is 1240. The lowest BCUT2D eigenvalue weighted by atomic mass is 9.91. The van der Waals surface area contributed by atoms with Crippen molar-refractivity contribution in [1.29, 1.82) is 0 Å². The van der Waals surface area contributed by atoms with E-state index in [1.165, 1.54) is 30.3 Å². The zero-order valence-corrected chi connectivity index (χ0v) is 18.6. The molecule has 2 N–H and O–H groups in total. The van der Waals surface area contributed by atoms with E-state index in [2.05, 4.69) is 10.3 Å². The highest BCUT2D eigenvalue weighted by atomic mass is 19.4. The highest BCUT2D eigenvalue weighted by molar-refractivity contribution is 6.40. The summed E-state index contributed by atoms with van der Waals surface area (Å²) in [6.45, 7) is 0. The average Bonchev–Trinajstić information content (AvgIpc) is 3.19. The molecule has 1 aliphatic carbocycles. The quantitative estimate of drug-likeness (QED) is 0.384. The van der Waals surface area contributed by atoms with E-state index in [1.807, 2.05) is 0 Å². The van der Waals surface area contributed by atoms with E-state index in [0.29, 0.717) is 31.4 Å². The summed E-state index contributed by atoms with van der Waals surface area (Å²) in [5.41, 5.74) is -0.376. The van der Waals surface area contributed by atoms with Crippen LogP contribution < -0.4 is 10.1 Å². The summed E-state index contributed by atoms with van der Waals surface area (Å²) in [5.74, 6) is -3.60. The van der Waals surface area contributed by atoms with Crippen molar-refractivity contribution in [3.63, 3.8) is 0 Å². The molecule has 1 aromatic heterocycles. The van der Waals surface area contributed by atoms with E-state index in [0.717, 1.165) is 24.3 Å². The minimum absolute atomic E-state index is 0.137. The number of hydrogen-bond donors (Lipinski definition) is 2. The molecule has 2 atom stereocenters. The number of halogens is 5. The van der Waals surface area contributed by atoms with E-state index >= 15 is 0 Å². The Balaban J connectivity index is 1.37. The smallest absolute Gasteiger partial charge is 0.416 e. The molecule has 2 aromatic carbocycles. The number of fused-ring (bicyclic) bond motifs is 1. The van der Waals surface area contributed by atoms with Gasteiger partial charge in [-0.05, 0) is 49.6 Å². The van der Waals surface area contributed by atoms with Crippen molar-refractivity contribution in [3.8, 4) is 5.75 Å². The fourth-order valence-corrected chi connectivity index (χ4v) is 4.22. The number of H-pyrrole nitrogens is 1. The Kier molecular flexibility index (Phi) is 6.68. The Morgan fingerprint density at radius 3 is 2.46 bits per heavy atom. The molecule has 3 aromatic rings. The van der Waals surface area contributed by atoms with E-state index in [9.17, 15) is 31.5 Å². The molecular weight excluding hydrogens is 473 g/mol. The fourth-order valence-electron chi connectivity index (χ4n) is 4.22. The highest BCUT2D eigenvalue weighted by Crippen LogP contribution is 2.32. The van der Waals surface area contributed by atoms with Crippen molar-refractivity contribution in [2.45, 2.75) is 44.0 Å². The number of aromatic nitrogens is 1. The number of nitrogens with one attached hydrogen (secondary N) is 2. The Hall–Kier alpha value is -3.63. The Morgan fingerprint density at radius 1 is 1.09 bits per heavy atom. The number of carbonyl (C=O) groups excluding carboxylic acids is 2. The van der Waals surface area contributed by atoms with Crippen LogP contribution in [0.2, 0.25) is 0 Å². The second-order valence-electron chi connectivity index (χ2n) is 8.47. The molecule has 2 unspecified atom stereocenters. The van der Waals surface area contributed by atoms with Gasteiger partial charge in [0.15, 0.2) is 11.6 Å². The van der Waals surface area contributed by atoms with Gasteiger partial charge in [0.05, 0.1) is 16.8 Å². The van der Waals surface area contributed by atoms with E-state index in [1.54, 1.807) is 0 Å². The van der Waals surface area contributed by atoms with Crippen LogP contribution in [0.4, 0.5) is 27.6 Å². The van der Waals surface area contributed by atoms with Crippen LogP contribution in [0.1, 0.15) is 31.2 Å². The zero-order chi connectivity index (χ0) is 25.3. The summed E-state index contributed by atoms with van der Waals surface area (Å²) in [6.07, 6.45) is -1.06. The van der Waals surface area contributed by atoms with Gasteiger partial charge in [0.25, 0.3) is 0 Å². The maximum atomic E-state index is 13.6. The standard InChI is InChI=1S/C24H22F5N3O3/c1-32(23(34)22(33)31-21-12-30-20-11-19(26)18(25)10-17(20)21)14-3-2-4-16(9-14)35-15-7-5-13(6-8-15)24(27,28)29/h5-8,10-12,14,16,30H,2-4,9H2,1H3,(H,31,33). The summed E-state index contributed by atoms with van der Waals surface area (Å²) in [6, 6.07) is 5.95. The van der Waals surface area contributed by atoms with Gasteiger partial charge in [-0.25, -0.2) is 8.78 Å². The molecule has 0 saturated heterocycles. The maximum absolute atomic E-state index is 13.6. The molecule has 4 rings (SSSR count). The molecule has 0 bridgehead atoms. The molecule has 1 aliphatic rings. The summed E-state index contributed by atoms with van der Waals surface area (Å²) in [4.78, 5) is 29.3. The van der Waals surface area contributed by atoms with E-state index in [-0.39, 0.29) is 28.7 Å². The molecule has 0 spiro atoms. The van der Waals surface area contributed by atoms with Gasteiger partial charge >= 0.3 is 18.0 Å². The first-order valence-electron chi connectivity index (χ1n) is 10.9. The fraction of sp³-hybridized carbons (Fsp3) is 0.333. The largest absolute Gasteiger partial charge is 0.490 e. The molecule has 186 valence electrons. The first kappa shape index (κ1) is 24.5. The number of rotatable bonds is 4. The number of alkyl halides is 3. The van der Waals surface area contributed by atoms with Crippen molar-refractivity contribution in [2.24, 2.45) is 0 Å². The lowest BCUT2D eigenvalue weighted by Gasteiger charge is -2.35. The molecule has 0 aliphatic heterocycles. The van der Waals surface area contributed by atoms with Crippen LogP contribution in [0.25, 0.3) is 10.9 Å². The van der Waals surface area contributed by atoms with Gasteiger partial charge in [0.1, 0.15) is 11.9 Å². The van der Waals surface area contributed by atoms with Gasteiger partial charge in [0.2, 0.25) is 0 Å². The predicted molar refractivity (Wildman–Crippen MR) is 118 cm³/mol. The number of ether oxygens (including phenoxy) is 1. The number of anilines is 1. The van der Waals surface area contributed by atoms with Gasteiger partial charge in [-0.1, -0.05) is 0 Å². The Labute approximate surface area is 197 Å². The summed E-state index contributed by atoms with van der Waals surface area (Å²) in [7, 11) is 1.48. The second kappa shape index (κ2) is 9.55. The lowest BCUT2D eigenvalue weighted by Crippen LogP contribution is -2.46. The number of benzene rings is 2. The van der Waals surface area contributed by atoms with E-state index in [4.69, 9.17) is 4.74 Å². The average molecular weight is 495 g/mol. The van der Waals surface area contributed by atoms with Gasteiger partial charge in [-0.15, -0.1) is 0 Å². The van der Waals surface area contributed by atoms with Crippen LogP contribution in [-0.2, 0) is 15.8 Å². The molecule has 1 fully saturated rings. The number of carbonyl (C=O) groups is 2. The third kappa shape index (κ3) is 5.39. The van der Waals surface area contributed by atoms with Crippen LogP contribution in [0.5, 0.6) is 5.75 Å². The van der Waals surface area contributed by atoms with Crippen LogP contribution in [0.15, 0.2) is 42.6 Å². The van der Waals surface area contributed by atoms with Crippen LogP contribution in [0.3, 0.4) is 0 Å². The normalized spacial score (nSPS) is 18.3. The first-order valence-corrected chi connectivity index (χ1v) is 10.9. The molecular formula is C24H22F5N3O3. The van der Waals surface area contributed by atoms with Gasteiger partial charge in [-0.2, -0.15) is 13.2 Å². The highest BCUT2D eigenvalue weighted by Gasteiger charge is 2.32. The van der Waals surface area contributed by atoms with E-state index < -0.39 is 35.2 Å². The topological polar surface area (TPSA) is 74.4 Å². The third-order valence-electron chi connectivity index (χ3n) is 6.12. The SMILES string of the molecule is CN(C(=O)C(=O)Nc1c[nH]c2cc(F)c(F)cc12)C1CCCC(Oc2ccc(C(F)(F)F)cc2)C1. The molecule has 1 heterocycles. The molecule has 35 heavy (non-hydrogen) atoms.